The number of hydrogen-bond acceptors (Lipinski definition) is 4. The van der Waals surface area contributed by atoms with Crippen molar-refractivity contribution < 1.29 is 18.9 Å². The molecule has 2 N–H and O–H groups in total. The van der Waals surface area contributed by atoms with E-state index in [4.69, 9.17) is 5.11 Å². The number of hydrogen-bond donors (Lipinski definition) is 2. The molecular weight excluding hydrogens is 346 g/mol. The van der Waals surface area contributed by atoms with Crippen LogP contribution in [0.1, 0.15) is 37.4 Å². The van der Waals surface area contributed by atoms with E-state index >= 15 is 0 Å². The average molecular weight is 370 g/mol. The molecule has 1 unspecified atom stereocenters. The summed E-state index contributed by atoms with van der Waals surface area (Å²) in [5.74, 6) is -0.776. The van der Waals surface area contributed by atoms with Crippen molar-refractivity contribution in [3.05, 3.63) is 57.5 Å². The van der Waals surface area contributed by atoms with Crippen LogP contribution in [0, 0.1) is 0 Å². The summed E-state index contributed by atoms with van der Waals surface area (Å²) in [5, 5.41) is 10.0. The first-order chi connectivity index (χ1) is 11.1. The second-order valence-electron chi connectivity index (χ2n) is 5.01. The smallest absolute Gasteiger partial charge is 0.345 e. The molecule has 0 saturated carbocycles. The minimum atomic E-state index is -1.04. The van der Waals surface area contributed by atoms with Crippen LogP contribution in [0.4, 0.5) is 0 Å². The second kappa shape index (κ2) is 11.5. The van der Waals surface area contributed by atoms with Gasteiger partial charge in [0.1, 0.15) is 15.9 Å². The molecule has 0 aliphatic rings. The van der Waals surface area contributed by atoms with E-state index in [9.17, 15) is 13.8 Å². The lowest BCUT2D eigenvalue weighted by molar-refractivity contribution is -0.113. The van der Waals surface area contributed by atoms with Crippen LogP contribution in [0.15, 0.2) is 52.6 Å². The topological polar surface area (TPSA) is 83.5 Å². The van der Waals surface area contributed by atoms with Gasteiger partial charge in [-0.15, -0.1) is 11.3 Å². The van der Waals surface area contributed by atoms with Crippen molar-refractivity contribution in [1.82, 2.24) is 4.72 Å². The molecule has 1 aromatic heterocycles. The van der Waals surface area contributed by atoms with Gasteiger partial charge in [-0.05, 0) is 50.3 Å². The molecule has 132 valence electrons. The van der Waals surface area contributed by atoms with E-state index in [-0.39, 0.29) is 5.78 Å². The summed E-state index contributed by atoms with van der Waals surface area (Å²) in [7, 11) is -1.04. The molecule has 0 bridgehead atoms. The summed E-state index contributed by atoms with van der Waals surface area (Å²) < 4.78 is 13.5. The number of carboxylic acid groups (broad SMARTS) is 1. The van der Waals surface area contributed by atoms with Crippen molar-refractivity contribution in [3.63, 3.8) is 0 Å². The summed E-state index contributed by atoms with van der Waals surface area (Å²) >= 11 is 1.23. The predicted octanol–water partition coefficient (Wildman–Crippen LogP) is 3.70. The van der Waals surface area contributed by atoms with Gasteiger partial charge < -0.3 is 9.83 Å². The van der Waals surface area contributed by atoms with Crippen molar-refractivity contribution in [2.45, 2.75) is 27.7 Å². The van der Waals surface area contributed by atoms with E-state index in [1.54, 1.807) is 43.8 Å². The Morgan fingerprint density at radius 3 is 2.17 bits per heavy atom. The number of aromatic carboxylic acids is 1. The molecule has 1 rings (SSSR count). The number of Topliss-reactive ketones (excluding diaryl/α,β-unsaturated/α-hetero) is 1. The van der Waals surface area contributed by atoms with E-state index in [1.165, 1.54) is 11.3 Å². The van der Waals surface area contributed by atoms with Gasteiger partial charge in [0.25, 0.3) is 0 Å². The molecule has 0 fully saturated rings. The zero-order valence-electron chi connectivity index (χ0n) is 14.5. The maximum Gasteiger partial charge on any atom is 0.345 e. The third kappa shape index (κ3) is 10.7. The molecule has 0 radical (unpaired) electrons. The SMILES string of the molecule is CC(=O)/C(C)=C/C(C)=C\C(C)=C\NS(C)=O.O=C(O)c1cccs1. The minimum absolute atomic E-state index is 0.0715. The fourth-order valence-corrected chi connectivity index (χ4v) is 2.38. The fraction of sp³-hybridized carbons (Fsp3) is 0.294. The van der Waals surface area contributed by atoms with E-state index in [2.05, 4.69) is 4.72 Å². The number of rotatable bonds is 6. The number of ketones is 1. The Balaban J connectivity index is 0.000000546. The number of carboxylic acids is 1. The van der Waals surface area contributed by atoms with E-state index in [0.29, 0.717) is 4.88 Å². The molecule has 1 heterocycles. The van der Waals surface area contributed by atoms with Crippen molar-refractivity contribution >= 4 is 34.1 Å². The predicted molar refractivity (Wildman–Crippen MR) is 100 cm³/mol. The van der Waals surface area contributed by atoms with Crippen LogP contribution >= 0.6 is 11.3 Å². The van der Waals surface area contributed by atoms with Gasteiger partial charge in [-0.1, -0.05) is 23.8 Å². The lowest BCUT2D eigenvalue weighted by atomic mass is 10.1. The molecule has 0 saturated heterocycles. The summed E-state index contributed by atoms with van der Waals surface area (Å²) in [5.41, 5.74) is 2.68. The minimum Gasteiger partial charge on any atom is -0.477 e. The first kappa shape index (κ1) is 22.0. The quantitative estimate of drug-likeness (QED) is 0.591. The largest absolute Gasteiger partial charge is 0.477 e. The molecule has 0 amide bonds. The normalized spacial score (nSPS) is 13.6. The maximum absolute atomic E-state index is 11.0. The molecule has 1 aromatic rings. The van der Waals surface area contributed by atoms with Crippen LogP contribution < -0.4 is 4.72 Å². The third-order valence-electron chi connectivity index (χ3n) is 2.64. The molecule has 0 aromatic carbocycles. The lowest BCUT2D eigenvalue weighted by Crippen LogP contribution is -2.07. The van der Waals surface area contributed by atoms with Gasteiger partial charge in [0.2, 0.25) is 0 Å². The Labute approximate surface area is 149 Å². The van der Waals surface area contributed by atoms with E-state index in [1.807, 2.05) is 26.0 Å². The van der Waals surface area contributed by atoms with Crippen molar-refractivity contribution in [2.75, 3.05) is 6.26 Å². The summed E-state index contributed by atoms with van der Waals surface area (Å²) in [6.45, 7) is 7.16. The molecule has 0 spiro atoms. The first-order valence-electron chi connectivity index (χ1n) is 7.04. The number of carbonyl (C=O) groups excluding carboxylic acids is 1. The van der Waals surface area contributed by atoms with Gasteiger partial charge in [0.15, 0.2) is 5.78 Å². The van der Waals surface area contributed by atoms with Gasteiger partial charge in [-0.2, -0.15) is 0 Å². The van der Waals surface area contributed by atoms with Gasteiger partial charge in [-0.25, -0.2) is 9.00 Å². The number of nitrogens with one attached hydrogen (secondary N) is 1. The average Bonchev–Trinajstić information content (AvgIpc) is 2.99. The lowest BCUT2D eigenvalue weighted by Gasteiger charge is -1.99. The molecule has 0 aliphatic carbocycles. The van der Waals surface area contributed by atoms with Crippen molar-refractivity contribution in [3.8, 4) is 0 Å². The Morgan fingerprint density at radius 1 is 1.17 bits per heavy atom. The van der Waals surface area contributed by atoms with Crippen LogP contribution in [0.25, 0.3) is 0 Å². The molecular formula is C17H23NO4S2. The number of carbonyl (C=O) groups is 2. The standard InChI is InChI=1S/C12H19NO2S.C5H4O2S/c1-9(7-11(3)12(4)14)6-10(2)8-13-16(5)15;6-5(7)4-2-1-3-8-4/h6-8,13H,1-5H3;1-3H,(H,6,7)/b9-6-,10-8+,11-7+;. The molecule has 24 heavy (non-hydrogen) atoms. The Bertz CT molecular complexity index is 671. The summed E-state index contributed by atoms with van der Waals surface area (Å²) in [4.78, 5) is 21.5. The molecule has 0 aliphatic heterocycles. The van der Waals surface area contributed by atoms with Crippen LogP contribution in [-0.2, 0) is 15.8 Å². The monoisotopic (exact) mass is 369 g/mol. The van der Waals surface area contributed by atoms with Crippen LogP contribution in [0.5, 0.6) is 0 Å². The van der Waals surface area contributed by atoms with E-state index in [0.717, 1.165) is 16.7 Å². The fourth-order valence-electron chi connectivity index (χ4n) is 1.46. The number of allylic oxidation sites excluding steroid dienone is 5. The van der Waals surface area contributed by atoms with Crippen LogP contribution in [0.3, 0.4) is 0 Å². The number of thiophene rings is 1. The van der Waals surface area contributed by atoms with Crippen molar-refractivity contribution in [1.29, 1.82) is 0 Å². The van der Waals surface area contributed by atoms with Crippen molar-refractivity contribution in [2.24, 2.45) is 0 Å². The highest BCUT2D eigenvalue weighted by molar-refractivity contribution is 7.82. The first-order valence-corrected chi connectivity index (χ1v) is 9.48. The highest BCUT2D eigenvalue weighted by atomic mass is 32.2. The Morgan fingerprint density at radius 2 is 1.79 bits per heavy atom. The van der Waals surface area contributed by atoms with Gasteiger partial charge >= 0.3 is 5.97 Å². The summed E-state index contributed by atoms with van der Waals surface area (Å²) in [6.07, 6.45) is 7.02. The molecule has 5 nitrogen and oxygen atoms in total. The zero-order valence-corrected chi connectivity index (χ0v) is 16.1. The maximum atomic E-state index is 11.0. The molecule has 7 heteroatoms. The van der Waals surface area contributed by atoms with Gasteiger partial charge in [0.05, 0.1) is 0 Å². The van der Waals surface area contributed by atoms with E-state index < -0.39 is 17.0 Å². The van der Waals surface area contributed by atoms with Gasteiger partial charge in [-0.3, -0.25) is 4.79 Å². The second-order valence-corrected chi connectivity index (χ2v) is 7.11. The zero-order chi connectivity index (χ0) is 18.7. The van der Waals surface area contributed by atoms with Gasteiger partial charge in [0, 0.05) is 12.5 Å². The highest BCUT2D eigenvalue weighted by Crippen LogP contribution is 2.07. The highest BCUT2D eigenvalue weighted by Gasteiger charge is 1.99. The Hall–Kier alpha value is -1.99. The Kier molecular flexibility index (Phi) is 10.6. The van der Waals surface area contributed by atoms with Crippen LogP contribution in [0.2, 0.25) is 0 Å². The van der Waals surface area contributed by atoms with Crippen LogP contribution in [-0.4, -0.2) is 27.3 Å². The third-order valence-corrected chi connectivity index (χ3v) is 3.95. The molecule has 1 atom stereocenters. The summed E-state index contributed by atoms with van der Waals surface area (Å²) in [6, 6.07) is 3.29.